The van der Waals surface area contributed by atoms with E-state index in [9.17, 15) is 9.59 Å². The van der Waals surface area contributed by atoms with Crippen molar-refractivity contribution in [2.45, 2.75) is 13.8 Å². The molecule has 0 aliphatic rings. The molecule has 0 radical (unpaired) electrons. The van der Waals surface area contributed by atoms with Gasteiger partial charge in [-0.15, -0.1) is 10.2 Å². The highest BCUT2D eigenvalue weighted by molar-refractivity contribution is 6.40. The predicted octanol–water partition coefficient (Wildman–Crippen LogP) is 2.30. The number of aryl methyl sites for hydroxylation is 2. The van der Waals surface area contributed by atoms with Gasteiger partial charge in [0.2, 0.25) is 0 Å². The number of hydrogen-bond donors (Lipinski definition) is 2. The van der Waals surface area contributed by atoms with Gasteiger partial charge in [0, 0.05) is 0 Å². The van der Waals surface area contributed by atoms with Crippen LogP contribution in [0.4, 0.5) is 4.79 Å². The molecule has 0 saturated carbocycles. The van der Waals surface area contributed by atoms with E-state index in [0.29, 0.717) is 11.6 Å². The SMILES string of the molecule is Cc1nnc(C)n1NC(=O)NC(=O)c1c(Cl)cccc1Cl. The second-order valence-corrected chi connectivity index (χ2v) is 4.94. The molecule has 7 nitrogen and oxygen atoms in total. The number of carbonyl (C=O) groups excluding carboxylic acids is 2. The van der Waals surface area contributed by atoms with Crippen molar-refractivity contribution in [3.05, 3.63) is 45.5 Å². The van der Waals surface area contributed by atoms with Gasteiger partial charge in [-0.05, 0) is 26.0 Å². The number of urea groups is 1. The smallest absolute Gasteiger partial charge is 0.272 e. The first-order valence-corrected chi connectivity index (χ1v) is 6.60. The molecular weight excluding hydrogens is 317 g/mol. The predicted molar refractivity (Wildman–Crippen MR) is 78.2 cm³/mol. The van der Waals surface area contributed by atoms with Gasteiger partial charge in [-0.1, -0.05) is 29.3 Å². The number of hydrogen-bond acceptors (Lipinski definition) is 4. The fourth-order valence-electron chi connectivity index (χ4n) is 1.64. The molecule has 1 aromatic heterocycles. The number of imide groups is 1. The Morgan fingerprint density at radius 2 is 1.62 bits per heavy atom. The molecule has 9 heteroatoms. The van der Waals surface area contributed by atoms with E-state index in [1.165, 1.54) is 16.8 Å². The summed E-state index contributed by atoms with van der Waals surface area (Å²) in [6.45, 7) is 3.32. The van der Waals surface area contributed by atoms with Crippen molar-refractivity contribution in [1.82, 2.24) is 20.2 Å². The normalized spacial score (nSPS) is 10.3. The molecule has 0 spiro atoms. The van der Waals surface area contributed by atoms with Crippen LogP contribution < -0.4 is 10.7 Å². The lowest BCUT2D eigenvalue weighted by Crippen LogP contribution is -2.39. The van der Waals surface area contributed by atoms with Crippen molar-refractivity contribution in [1.29, 1.82) is 0 Å². The van der Waals surface area contributed by atoms with E-state index in [-0.39, 0.29) is 15.6 Å². The number of halogens is 2. The lowest BCUT2D eigenvalue weighted by Gasteiger charge is -2.10. The van der Waals surface area contributed by atoms with Crippen molar-refractivity contribution >= 4 is 35.1 Å². The van der Waals surface area contributed by atoms with Crippen LogP contribution in [0.5, 0.6) is 0 Å². The molecule has 3 amide bonds. The maximum Gasteiger partial charge on any atom is 0.340 e. The number of amides is 3. The van der Waals surface area contributed by atoms with Crippen LogP contribution in [0.15, 0.2) is 18.2 Å². The molecular formula is C12H11Cl2N5O2. The van der Waals surface area contributed by atoms with E-state index in [0.717, 1.165) is 0 Å². The summed E-state index contributed by atoms with van der Waals surface area (Å²) in [5.74, 6) is 0.253. The summed E-state index contributed by atoms with van der Waals surface area (Å²) in [7, 11) is 0. The third-order valence-electron chi connectivity index (χ3n) is 2.62. The fourth-order valence-corrected chi connectivity index (χ4v) is 2.21. The summed E-state index contributed by atoms with van der Waals surface area (Å²) >= 11 is 11.8. The Morgan fingerprint density at radius 1 is 1.10 bits per heavy atom. The van der Waals surface area contributed by atoms with Gasteiger partial charge in [0.05, 0.1) is 15.6 Å². The third kappa shape index (κ3) is 3.32. The van der Waals surface area contributed by atoms with E-state index in [1.807, 2.05) is 0 Å². The van der Waals surface area contributed by atoms with E-state index >= 15 is 0 Å². The van der Waals surface area contributed by atoms with Gasteiger partial charge in [0.15, 0.2) is 0 Å². The second kappa shape index (κ2) is 6.11. The zero-order chi connectivity index (χ0) is 15.6. The van der Waals surface area contributed by atoms with E-state index < -0.39 is 11.9 Å². The first kappa shape index (κ1) is 15.3. The molecule has 110 valence electrons. The molecule has 1 aromatic carbocycles. The Kier molecular flexibility index (Phi) is 4.44. The van der Waals surface area contributed by atoms with Crippen LogP contribution in [0.1, 0.15) is 22.0 Å². The molecule has 2 aromatic rings. The first-order chi connectivity index (χ1) is 9.90. The van der Waals surface area contributed by atoms with E-state index in [2.05, 4.69) is 20.9 Å². The number of carbonyl (C=O) groups is 2. The highest BCUT2D eigenvalue weighted by atomic mass is 35.5. The lowest BCUT2D eigenvalue weighted by molar-refractivity contribution is 0.0966. The fraction of sp³-hybridized carbons (Fsp3) is 0.167. The molecule has 0 atom stereocenters. The highest BCUT2D eigenvalue weighted by Gasteiger charge is 2.17. The van der Waals surface area contributed by atoms with E-state index in [1.54, 1.807) is 19.9 Å². The van der Waals surface area contributed by atoms with Crippen LogP contribution in [0.2, 0.25) is 10.0 Å². The van der Waals surface area contributed by atoms with Gasteiger partial charge in [-0.2, -0.15) is 0 Å². The van der Waals surface area contributed by atoms with Crippen molar-refractivity contribution < 1.29 is 9.59 Å². The zero-order valence-corrected chi connectivity index (χ0v) is 12.7. The van der Waals surface area contributed by atoms with Gasteiger partial charge >= 0.3 is 6.03 Å². The number of nitrogens with one attached hydrogen (secondary N) is 2. The molecule has 0 aliphatic heterocycles. The molecule has 21 heavy (non-hydrogen) atoms. The molecule has 1 heterocycles. The van der Waals surface area contributed by atoms with Crippen molar-refractivity contribution in [3.63, 3.8) is 0 Å². The molecule has 2 rings (SSSR count). The van der Waals surface area contributed by atoms with Crippen LogP contribution in [0.3, 0.4) is 0 Å². The highest BCUT2D eigenvalue weighted by Crippen LogP contribution is 2.23. The number of benzene rings is 1. The Bertz CT molecular complexity index is 674. The van der Waals surface area contributed by atoms with Crippen LogP contribution in [0, 0.1) is 13.8 Å². The van der Waals surface area contributed by atoms with E-state index in [4.69, 9.17) is 23.2 Å². The Hall–Kier alpha value is -2.12. The number of rotatable bonds is 2. The quantitative estimate of drug-likeness (QED) is 0.885. The summed E-state index contributed by atoms with van der Waals surface area (Å²) in [6.07, 6.45) is 0. The minimum Gasteiger partial charge on any atom is -0.272 e. The Labute approximate surface area is 130 Å². The Morgan fingerprint density at radius 3 is 2.14 bits per heavy atom. The molecule has 0 saturated heterocycles. The monoisotopic (exact) mass is 327 g/mol. The Balaban J connectivity index is 2.11. The van der Waals surface area contributed by atoms with Crippen LogP contribution in [-0.4, -0.2) is 26.8 Å². The minimum absolute atomic E-state index is 0.0354. The minimum atomic E-state index is -0.748. The van der Waals surface area contributed by atoms with Crippen LogP contribution >= 0.6 is 23.2 Å². The van der Waals surface area contributed by atoms with Gasteiger partial charge in [0.25, 0.3) is 5.91 Å². The van der Waals surface area contributed by atoms with Crippen molar-refractivity contribution in [2.24, 2.45) is 0 Å². The van der Waals surface area contributed by atoms with Gasteiger partial charge < -0.3 is 0 Å². The first-order valence-electron chi connectivity index (χ1n) is 5.85. The van der Waals surface area contributed by atoms with Gasteiger partial charge in [-0.3, -0.25) is 10.1 Å². The summed E-state index contributed by atoms with van der Waals surface area (Å²) in [5.41, 5.74) is 2.47. The molecule has 0 unspecified atom stereocenters. The maximum absolute atomic E-state index is 12.0. The van der Waals surface area contributed by atoms with Crippen LogP contribution in [0.25, 0.3) is 0 Å². The summed E-state index contributed by atoms with van der Waals surface area (Å²) < 4.78 is 1.34. The molecule has 0 aliphatic carbocycles. The van der Waals surface area contributed by atoms with Crippen molar-refractivity contribution in [3.8, 4) is 0 Å². The maximum atomic E-state index is 12.0. The van der Waals surface area contributed by atoms with Crippen LogP contribution in [-0.2, 0) is 0 Å². The molecule has 0 bridgehead atoms. The number of aromatic nitrogens is 3. The lowest BCUT2D eigenvalue weighted by atomic mass is 10.2. The largest absolute Gasteiger partial charge is 0.340 e. The average Bonchev–Trinajstić information content (AvgIpc) is 2.70. The summed E-state index contributed by atoms with van der Waals surface area (Å²) in [6, 6.07) is 3.87. The summed E-state index contributed by atoms with van der Waals surface area (Å²) in [5, 5.41) is 10.0. The van der Waals surface area contributed by atoms with Gasteiger partial charge in [0.1, 0.15) is 11.6 Å². The average molecular weight is 328 g/mol. The molecule has 2 N–H and O–H groups in total. The molecule has 0 fully saturated rings. The standard InChI is InChI=1S/C12H11Cl2N5O2/c1-6-16-17-7(2)19(6)18-12(21)15-11(20)10-8(13)4-3-5-9(10)14/h3-5H,1-2H3,(H2,15,18,20,21). The summed E-state index contributed by atoms with van der Waals surface area (Å²) in [4.78, 5) is 23.8. The number of nitrogens with zero attached hydrogens (tertiary/aromatic N) is 3. The topological polar surface area (TPSA) is 88.9 Å². The zero-order valence-electron chi connectivity index (χ0n) is 11.1. The third-order valence-corrected chi connectivity index (χ3v) is 3.25. The van der Waals surface area contributed by atoms with Gasteiger partial charge in [-0.25, -0.2) is 14.9 Å². The second-order valence-electron chi connectivity index (χ2n) is 4.12. The van der Waals surface area contributed by atoms with Crippen molar-refractivity contribution in [2.75, 3.05) is 5.43 Å².